The Labute approximate surface area is 197 Å². The molecule has 1 atom stereocenters. The molecule has 0 aliphatic heterocycles. The number of esters is 1. The van der Waals surface area contributed by atoms with E-state index in [-0.39, 0.29) is 12.6 Å². The van der Waals surface area contributed by atoms with Crippen LogP contribution in [0.15, 0.2) is 84.9 Å². The molecule has 0 spiro atoms. The Kier molecular flexibility index (Phi) is 8.29. The highest BCUT2D eigenvalue weighted by atomic mass is 16.5. The van der Waals surface area contributed by atoms with Crippen molar-refractivity contribution in [2.45, 2.75) is 52.2 Å². The minimum Gasteiger partial charge on any atom is -0.494 e. The number of rotatable bonds is 11. The predicted molar refractivity (Wildman–Crippen MR) is 133 cm³/mol. The molecule has 4 heteroatoms. The first-order valence-electron chi connectivity index (χ1n) is 11.5. The molecule has 0 radical (unpaired) electrons. The Morgan fingerprint density at radius 2 is 1.33 bits per heavy atom. The maximum Gasteiger partial charge on any atom is 0.313 e. The van der Waals surface area contributed by atoms with E-state index in [1.807, 2.05) is 69.3 Å². The fourth-order valence-corrected chi connectivity index (χ4v) is 3.61. The highest BCUT2D eigenvalue weighted by Gasteiger charge is 2.44. The van der Waals surface area contributed by atoms with Crippen LogP contribution in [0.3, 0.4) is 0 Å². The minimum absolute atomic E-state index is 0.253. The van der Waals surface area contributed by atoms with Crippen LogP contribution in [0.4, 0.5) is 0 Å². The topological polar surface area (TPSA) is 61.5 Å². The summed E-state index contributed by atoms with van der Waals surface area (Å²) in [4.78, 5) is 12.8. The van der Waals surface area contributed by atoms with Crippen LogP contribution in [-0.4, -0.2) is 18.1 Å². The van der Waals surface area contributed by atoms with Crippen LogP contribution in [0.2, 0.25) is 0 Å². The van der Waals surface area contributed by atoms with Crippen LogP contribution in [-0.2, 0) is 22.6 Å². The van der Waals surface area contributed by atoms with E-state index < -0.39 is 11.0 Å². The highest BCUT2D eigenvalue weighted by Crippen LogP contribution is 2.34. The van der Waals surface area contributed by atoms with Crippen LogP contribution in [0, 0.1) is 5.41 Å². The molecule has 0 aromatic heterocycles. The zero-order valence-electron chi connectivity index (χ0n) is 19.9. The summed E-state index contributed by atoms with van der Waals surface area (Å²) in [6.07, 6.45) is 2.29. The largest absolute Gasteiger partial charge is 0.494 e. The van der Waals surface area contributed by atoms with Crippen molar-refractivity contribution in [3.8, 4) is 5.75 Å². The second-order valence-corrected chi connectivity index (χ2v) is 9.36. The average Bonchev–Trinajstić information content (AvgIpc) is 2.82. The summed E-state index contributed by atoms with van der Waals surface area (Å²) in [6.45, 7) is 6.41. The van der Waals surface area contributed by atoms with Crippen molar-refractivity contribution in [1.82, 2.24) is 0 Å². The summed E-state index contributed by atoms with van der Waals surface area (Å²) in [7, 11) is 0. The molecule has 0 bridgehead atoms. The van der Waals surface area contributed by atoms with E-state index >= 15 is 0 Å². The average molecular weight is 446 g/mol. The summed E-state index contributed by atoms with van der Waals surface area (Å²) in [6, 6.07) is 28.3. The Morgan fingerprint density at radius 1 is 0.788 bits per heavy atom. The molecule has 3 aromatic carbocycles. The molecule has 0 aliphatic carbocycles. The van der Waals surface area contributed by atoms with Gasteiger partial charge >= 0.3 is 5.97 Å². The molecule has 0 amide bonds. The molecule has 33 heavy (non-hydrogen) atoms. The first-order valence-corrected chi connectivity index (χ1v) is 11.5. The van der Waals surface area contributed by atoms with Gasteiger partial charge in [-0.2, -0.15) is 0 Å². The minimum atomic E-state index is -0.819. The second kappa shape index (κ2) is 11.2. The summed E-state index contributed by atoms with van der Waals surface area (Å²) in [5.41, 5.74) is 8.54. The van der Waals surface area contributed by atoms with Crippen LogP contribution in [0.1, 0.15) is 50.3 Å². The Hall–Kier alpha value is -3.11. The number of carbonyl (C=O) groups is 1. The van der Waals surface area contributed by atoms with E-state index in [4.69, 9.17) is 15.2 Å². The van der Waals surface area contributed by atoms with Crippen molar-refractivity contribution >= 4 is 5.97 Å². The van der Waals surface area contributed by atoms with E-state index in [0.29, 0.717) is 13.0 Å². The third-order valence-corrected chi connectivity index (χ3v) is 6.43. The van der Waals surface area contributed by atoms with Crippen molar-refractivity contribution in [2.75, 3.05) is 6.61 Å². The normalized spacial score (nSPS) is 13.2. The zero-order valence-corrected chi connectivity index (χ0v) is 19.9. The molecule has 0 aliphatic rings. The van der Waals surface area contributed by atoms with Gasteiger partial charge in [0.25, 0.3) is 0 Å². The molecule has 174 valence electrons. The van der Waals surface area contributed by atoms with Gasteiger partial charge in [-0.1, -0.05) is 72.8 Å². The smallest absolute Gasteiger partial charge is 0.313 e. The van der Waals surface area contributed by atoms with Gasteiger partial charge in [-0.05, 0) is 68.9 Å². The fourth-order valence-electron chi connectivity index (χ4n) is 3.61. The van der Waals surface area contributed by atoms with Gasteiger partial charge < -0.3 is 15.2 Å². The maximum absolute atomic E-state index is 12.8. The molecular weight excluding hydrogens is 410 g/mol. The highest BCUT2D eigenvalue weighted by molar-refractivity contribution is 5.77. The third-order valence-electron chi connectivity index (χ3n) is 6.43. The Bertz CT molecular complexity index is 996. The van der Waals surface area contributed by atoms with Crippen LogP contribution in [0.5, 0.6) is 5.75 Å². The van der Waals surface area contributed by atoms with Gasteiger partial charge in [-0.3, -0.25) is 4.79 Å². The molecular formula is C29H35NO3. The number of carbonyl (C=O) groups excluding carboxylic acids is 1. The van der Waals surface area contributed by atoms with E-state index in [2.05, 4.69) is 36.4 Å². The van der Waals surface area contributed by atoms with Crippen LogP contribution >= 0.6 is 0 Å². The van der Waals surface area contributed by atoms with Gasteiger partial charge in [0.2, 0.25) is 0 Å². The van der Waals surface area contributed by atoms with Crippen LogP contribution < -0.4 is 10.5 Å². The molecule has 0 saturated heterocycles. The molecule has 2 N–H and O–H groups in total. The SMILES string of the molecule is CC(N)(CCCOc1ccc(Cc2ccccc2)cc1)C(C)(C)C(=O)OCc1ccccc1. The van der Waals surface area contributed by atoms with Gasteiger partial charge in [0.05, 0.1) is 12.0 Å². The summed E-state index contributed by atoms with van der Waals surface area (Å²) >= 11 is 0. The van der Waals surface area contributed by atoms with Gasteiger partial charge in [-0.15, -0.1) is 0 Å². The lowest BCUT2D eigenvalue weighted by Gasteiger charge is -2.39. The van der Waals surface area contributed by atoms with Crippen molar-refractivity contribution in [2.24, 2.45) is 11.1 Å². The maximum atomic E-state index is 12.8. The number of hydrogen-bond acceptors (Lipinski definition) is 4. The van der Waals surface area contributed by atoms with E-state index in [0.717, 1.165) is 24.2 Å². The van der Waals surface area contributed by atoms with E-state index in [1.54, 1.807) is 0 Å². The summed E-state index contributed by atoms with van der Waals surface area (Å²) < 4.78 is 11.5. The second-order valence-electron chi connectivity index (χ2n) is 9.36. The molecule has 3 aromatic rings. The zero-order chi connectivity index (χ0) is 23.7. The van der Waals surface area contributed by atoms with Crippen molar-refractivity contribution in [3.63, 3.8) is 0 Å². The first kappa shape index (κ1) is 24.5. The van der Waals surface area contributed by atoms with E-state index in [1.165, 1.54) is 11.1 Å². The number of hydrogen-bond donors (Lipinski definition) is 1. The summed E-state index contributed by atoms with van der Waals surface area (Å²) in [5, 5.41) is 0. The predicted octanol–water partition coefficient (Wildman–Crippen LogP) is 5.92. The fraction of sp³-hybridized carbons (Fsp3) is 0.345. The quantitative estimate of drug-likeness (QED) is 0.294. The first-order chi connectivity index (χ1) is 15.8. The lowest BCUT2D eigenvalue weighted by molar-refractivity contribution is -0.159. The van der Waals surface area contributed by atoms with E-state index in [9.17, 15) is 4.79 Å². The monoisotopic (exact) mass is 445 g/mol. The number of benzene rings is 3. The summed E-state index contributed by atoms with van der Waals surface area (Å²) in [5.74, 6) is 0.554. The number of ether oxygens (including phenoxy) is 2. The standard InChI is InChI=1S/C29H35NO3/c1-28(2,27(31)33-22-25-13-8-5-9-14-25)29(3,30)19-10-20-32-26-17-15-24(16-18-26)21-23-11-6-4-7-12-23/h4-9,11-18H,10,19-22,30H2,1-3H3. The van der Waals surface area contributed by atoms with Gasteiger partial charge in [0.1, 0.15) is 12.4 Å². The molecule has 0 saturated carbocycles. The lowest BCUT2D eigenvalue weighted by atomic mass is 9.71. The molecule has 1 unspecified atom stereocenters. The van der Waals surface area contributed by atoms with Crippen molar-refractivity contribution in [3.05, 3.63) is 102 Å². The molecule has 4 nitrogen and oxygen atoms in total. The van der Waals surface area contributed by atoms with Crippen molar-refractivity contribution in [1.29, 1.82) is 0 Å². The van der Waals surface area contributed by atoms with Crippen molar-refractivity contribution < 1.29 is 14.3 Å². The van der Waals surface area contributed by atoms with Gasteiger partial charge in [-0.25, -0.2) is 0 Å². The van der Waals surface area contributed by atoms with Gasteiger partial charge in [0, 0.05) is 5.54 Å². The molecule has 3 rings (SSSR count). The molecule has 0 fully saturated rings. The lowest BCUT2D eigenvalue weighted by Crippen LogP contribution is -2.54. The molecule has 0 heterocycles. The number of nitrogens with two attached hydrogens (primary N) is 1. The van der Waals surface area contributed by atoms with Gasteiger partial charge in [0.15, 0.2) is 0 Å². The third kappa shape index (κ3) is 6.93. The Balaban J connectivity index is 1.44. The Morgan fingerprint density at radius 3 is 1.94 bits per heavy atom. The van der Waals surface area contributed by atoms with Crippen LogP contribution in [0.25, 0.3) is 0 Å².